The summed E-state index contributed by atoms with van der Waals surface area (Å²) in [5.41, 5.74) is 2.63. The van der Waals surface area contributed by atoms with Crippen LogP contribution in [-0.2, 0) is 0 Å². The average Bonchev–Trinajstić information content (AvgIpc) is 2.80. The van der Waals surface area contributed by atoms with Crippen molar-refractivity contribution >= 4 is 16.7 Å². The Morgan fingerprint density at radius 2 is 2.11 bits per heavy atom. The molecule has 3 rings (SSSR count). The first kappa shape index (κ1) is 12.5. The lowest BCUT2D eigenvalue weighted by molar-refractivity contribution is 0.143. The molecule has 3 heteroatoms. The van der Waals surface area contributed by atoms with Gasteiger partial charge < -0.3 is 14.6 Å². The highest BCUT2D eigenvalue weighted by atomic mass is 16.3. The van der Waals surface area contributed by atoms with E-state index in [0.717, 1.165) is 18.7 Å². The van der Waals surface area contributed by atoms with Gasteiger partial charge in [-0.15, -0.1) is 0 Å². The molecule has 1 aromatic heterocycles. The highest BCUT2D eigenvalue weighted by Crippen LogP contribution is 2.42. The fourth-order valence-corrected chi connectivity index (χ4v) is 3.29. The predicted octanol–water partition coefficient (Wildman–Crippen LogP) is 3.26. The molecular formula is C16H22N2O. The summed E-state index contributed by atoms with van der Waals surface area (Å²) in [7, 11) is 4.22. The topological polar surface area (TPSA) is 28.4 Å². The van der Waals surface area contributed by atoms with Crippen molar-refractivity contribution in [3.05, 3.63) is 30.5 Å². The molecule has 0 unspecified atom stereocenters. The Labute approximate surface area is 114 Å². The Morgan fingerprint density at radius 1 is 1.32 bits per heavy atom. The second kappa shape index (κ2) is 4.89. The summed E-state index contributed by atoms with van der Waals surface area (Å²) < 4.78 is 5.64. The van der Waals surface area contributed by atoms with Gasteiger partial charge in [0.1, 0.15) is 11.8 Å². The van der Waals surface area contributed by atoms with Crippen molar-refractivity contribution in [3.63, 3.8) is 0 Å². The van der Waals surface area contributed by atoms with Gasteiger partial charge in [-0.25, -0.2) is 0 Å². The lowest BCUT2D eigenvalue weighted by atomic mass is 9.68. The zero-order valence-corrected chi connectivity index (χ0v) is 11.8. The minimum atomic E-state index is 0.446. The Hall–Kier alpha value is -1.48. The van der Waals surface area contributed by atoms with Gasteiger partial charge in [-0.2, -0.15) is 0 Å². The molecule has 1 fully saturated rings. The fourth-order valence-electron chi connectivity index (χ4n) is 3.29. The summed E-state index contributed by atoms with van der Waals surface area (Å²) in [6, 6.07) is 8.25. The van der Waals surface area contributed by atoms with Crippen LogP contribution >= 0.6 is 0 Å². The molecule has 1 heterocycles. The van der Waals surface area contributed by atoms with Crippen LogP contribution in [0.15, 0.2) is 34.9 Å². The van der Waals surface area contributed by atoms with Crippen molar-refractivity contribution < 1.29 is 4.42 Å². The predicted molar refractivity (Wildman–Crippen MR) is 79.7 cm³/mol. The molecule has 3 nitrogen and oxygen atoms in total. The number of furan rings is 1. The quantitative estimate of drug-likeness (QED) is 0.892. The Morgan fingerprint density at radius 3 is 2.79 bits per heavy atom. The standard InChI is InChI=1S/C16H22N2O/c1-17-11-16(8-5-9-16)12-18(2)14-10-19-15-7-4-3-6-13(14)15/h3-4,6-7,10,17H,5,8-9,11-12H2,1-2H3. The molecule has 0 spiro atoms. The van der Waals surface area contributed by atoms with Crippen molar-refractivity contribution in [2.75, 3.05) is 32.1 Å². The normalized spacial score (nSPS) is 17.4. The third kappa shape index (κ3) is 2.23. The summed E-state index contributed by atoms with van der Waals surface area (Å²) in [4.78, 5) is 2.35. The number of anilines is 1. The van der Waals surface area contributed by atoms with Crippen molar-refractivity contribution in [2.24, 2.45) is 5.41 Å². The van der Waals surface area contributed by atoms with E-state index in [-0.39, 0.29) is 0 Å². The van der Waals surface area contributed by atoms with Gasteiger partial charge in [-0.05, 0) is 32.0 Å². The third-order valence-electron chi connectivity index (χ3n) is 4.41. The second-order valence-electron chi connectivity index (χ2n) is 5.86. The van der Waals surface area contributed by atoms with E-state index in [1.165, 1.54) is 30.3 Å². The molecule has 1 aliphatic rings. The van der Waals surface area contributed by atoms with Crippen LogP contribution < -0.4 is 10.2 Å². The molecule has 0 radical (unpaired) electrons. The molecule has 1 aromatic carbocycles. The van der Waals surface area contributed by atoms with Crippen LogP contribution in [0.25, 0.3) is 11.0 Å². The lowest BCUT2D eigenvalue weighted by Gasteiger charge is -2.44. The molecule has 0 aliphatic heterocycles. The van der Waals surface area contributed by atoms with Gasteiger partial charge in [0, 0.05) is 30.9 Å². The molecule has 0 atom stereocenters. The average molecular weight is 258 g/mol. The number of benzene rings is 1. The van der Waals surface area contributed by atoms with E-state index < -0.39 is 0 Å². The van der Waals surface area contributed by atoms with Crippen molar-refractivity contribution in [1.82, 2.24) is 5.32 Å². The van der Waals surface area contributed by atoms with Gasteiger partial charge in [0.25, 0.3) is 0 Å². The smallest absolute Gasteiger partial charge is 0.136 e. The molecule has 0 amide bonds. The van der Waals surface area contributed by atoms with Crippen LogP contribution in [0.1, 0.15) is 19.3 Å². The van der Waals surface area contributed by atoms with Gasteiger partial charge in [0.05, 0.1) is 5.69 Å². The van der Waals surface area contributed by atoms with E-state index in [1.54, 1.807) is 0 Å². The maximum Gasteiger partial charge on any atom is 0.136 e. The van der Waals surface area contributed by atoms with Crippen LogP contribution in [-0.4, -0.2) is 27.2 Å². The molecular weight excluding hydrogens is 236 g/mol. The number of hydrogen-bond acceptors (Lipinski definition) is 3. The van der Waals surface area contributed by atoms with Crippen LogP contribution in [0.4, 0.5) is 5.69 Å². The van der Waals surface area contributed by atoms with Crippen LogP contribution in [0.3, 0.4) is 0 Å². The second-order valence-corrected chi connectivity index (χ2v) is 5.86. The lowest BCUT2D eigenvalue weighted by Crippen LogP contribution is -2.46. The summed E-state index contributed by atoms with van der Waals surface area (Å²) in [6.07, 6.45) is 5.90. The zero-order chi connectivity index (χ0) is 13.3. The van der Waals surface area contributed by atoms with Crippen LogP contribution in [0.2, 0.25) is 0 Å². The highest BCUT2D eigenvalue weighted by molar-refractivity contribution is 5.90. The molecule has 1 N–H and O–H groups in total. The molecule has 0 bridgehead atoms. The van der Waals surface area contributed by atoms with Crippen molar-refractivity contribution in [3.8, 4) is 0 Å². The number of para-hydroxylation sites is 1. The number of fused-ring (bicyclic) bond motifs is 1. The number of rotatable bonds is 5. The van der Waals surface area contributed by atoms with Crippen LogP contribution in [0.5, 0.6) is 0 Å². The Balaban J connectivity index is 1.82. The van der Waals surface area contributed by atoms with E-state index in [9.17, 15) is 0 Å². The molecule has 2 aromatic rings. The van der Waals surface area contributed by atoms with Gasteiger partial charge in [-0.3, -0.25) is 0 Å². The molecule has 0 saturated heterocycles. The van der Waals surface area contributed by atoms with E-state index in [2.05, 4.69) is 29.4 Å². The summed E-state index contributed by atoms with van der Waals surface area (Å²) in [6.45, 7) is 2.20. The first-order valence-electron chi connectivity index (χ1n) is 7.06. The summed E-state index contributed by atoms with van der Waals surface area (Å²) >= 11 is 0. The maximum atomic E-state index is 5.64. The third-order valence-corrected chi connectivity index (χ3v) is 4.41. The Kier molecular flexibility index (Phi) is 3.23. The molecule has 19 heavy (non-hydrogen) atoms. The van der Waals surface area contributed by atoms with E-state index in [1.807, 2.05) is 25.4 Å². The number of nitrogens with one attached hydrogen (secondary N) is 1. The van der Waals surface area contributed by atoms with Crippen LogP contribution in [0, 0.1) is 5.41 Å². The molecule has 102 valence electrons. The van der Waals surface area contributed by atoms with E-state index in [0.29, 0.717) is 5.41 Å². The van der Waals surface area contributed by atoms with Gasteiger partial charge in [-0.1, -0.05) is 18.6 Å². The van der Waals surface area contributed by atoms with E-state index in [4.69, 9.17) is 4.42 Å². The molecule has 1 saturated carbocycles. The maximum absolute atomic E-state index is 5.64. The summed E-state index contributed by atoms with van der Waals surface area (Å²) in [5.74, 6) is 0. The van der Waals surface area contributed by atoms with Crippen molar-refractivity contribution in [1.29, 1.82) is 0 Å². The SMILES string of the molecule is CNCC1(CN(C)c2coc3ccccc23)CCC1. The fraction of sp³-hybridized carbons (Fsp3) is 0.500. The van der Waals surface area contributed by atoms with E-state index >= 15 is 0 Å². The number of hydrogen-bond donors (Lipinski definition) is 1. The highest BCUT2D eigenvalue weighted by Gasteiger charge is 2.37. The van der Waals surface area contributed by atoms with Gasteiger partial charge in [0.15, 0.2) is 0 Å². The first-order chi connectivity index (χ1) is 9.24. The minimum Gasteiger partial charge on any atom is -0.462 e. The molecule has 1 aliphatic carbocycles. The first-order valence-corrected chi connectivity index (χ1v) is 7.06. The largest absolute Gasteiger partial charge is 0.462 e. The Bertz CT molecular complexity index is 557. The number of nitrogens with zero attached hydrogens (tertiary/aromatic N) is 1. The van der Waals surface area contributed by atoms with Crippen molar-refractivity contribution in [2.45, 2.75) is 19.3 Å². The minimum absolute atomic E-state index is 0.446. The zero-order valence-electron chi connectivity index (χ0n) is 11.8. The van der Waals surface area contributed by atoms with Gasteiger partial charge >= 0.3 is 0 Å². The van der Waals surface area contributed by atoms with Gasteiger partial charge in [0.2, 0.25) is 0 Å². The summed E-state index contributed by atoms with van der Waals surface area (Å²) in [5, 5.41) is 4.56. The monoisotopic (exact) mass is 258 g/mol.